The minimum atomic E-state index is -1.61. The highest BCUT2D eigenvalue weighted by Gasteiger charge is 2.50. The molecule has 4 rings (SSSR count). The van der Waals surface area contributed by atoms with Crippen molar-refractivity contribution in [2.24, 2.45) is 0 Å². The molecule has 6 N–H and O–H groups in total. The first-order valence-electron chi connectivity index (χ1n) is 9.82. The lowest BCUT2D eigenvalue weighted by Crippen LogP contribution is -2.60. The third kappa shape index (κ3) is 3.30. The van der Waals surface area contributed by atoms with Crippen molar-refractivity contribution < 1.29 is 44.9 Å². The van der Waals surface area contributed by atoms with Crippen molar-refractivity contribution in [1.29, 1.82) is 0 Å². The summed E-state index contributed by atoms with van der Waals surface area (Å²) in [6.07, 6.45) is -7.04. The molecule has 0 spiro atoms. The van der Waals surface area contributed by atoms with Crippen LogP contribution in [-0.4, -0.2) is 80.7 Å². The Hall–Kier alpha value is -2.53. The maximum Gasteiger partial charge on any atom is 0.201 e. The number of ether oxygens (including phenoxy) is 2. The van der Waals surface area contributed by atoms with Gasteiger partial charge in [-0.05, 0) is 28.8 Å². The third-order valence-electron chi connectivity index (χ3n) is 6.05. The Balaban J connectivity index is 1.97. The lowest BCUT2D eigenvalue weighted by Gasteiger charge is -2.45. The highest BCUT2D eigenvalue weighted by Crippen LogP contribution is 2.47. The minimum absolute atomic E-state index is 0.0313. The zero-order chi connectivity index (χ0) is 22.4. The summed E-state index contributed by atoms with van der Waals surface area (Å²) in [7, 11) is 1.40. The van der Waals surface area contributed by atoms with Gasteiger partial charge in [-0.1, -0.05) is 18.2 Å². The van der Waals surface area contributed by atoms with E-state index in [4.69, 9.17) is 9.47 Å². The van der Waals surface area contributed by atoms with E-state index in [0.717, 1.165) is 0 Å². The summed E-state index contributed by atoms with van der Waals surface area (Å²) in [5.41, 5.74) is 1.20. The van der Waals surface area contributed by atoms with Crippen molar-refractivity contribution in [2.45, 2.75) is 43.0 Å². The molecular formula is C22H24O9. The number of rotatable bonds is 4. The molecule has 1 aliphatic carbocycles. The Labute approximate surface area is 177 Å². The Kier molecular flexibility index (Phi) is 5.73. The smallest absolute Gasteiger partial charge is 0.201 e. The summed E-state index contributed by atoms with van der Waals surface area (Å²) in [6, 6.07) is 7.70. The largest absolute Gasteiger partial charge is 0.507 e. The van der Waals surface area contributed by atoms with Crippen molar-refractivity contribution in [2.75, 3.05) is 13.7 Å². The van der Waals surface area contributed by atoms with Crippen LogP contribution in [0.25, 0.3) is 0 Å². The van der Waals surface area contributed by atoms with E-state index in [0.29, 0.717) is 16.7 Å². The lowest BCUT2D eigenvalue weighted by atomic mass is 9.71. The van der Waals surface area contributed by atoms with Crippen molar-refractivity contribution >= 4 is 5.78 Å². The van der Waals surface area contributed by atoms with Crippen LogP contribution in [0, 0.1) is 0 Å². The molecule has 0 unspecified atom stereocenters. The molecule has 0 aromatic heterocycles. The molecule has 0 amide bonds. The molecule has 2 aromatic carbocycles. The van der Waals surface area contributed by atoms with E-state index >= 15 is 0 Å². The quantitative estimate of drug-likeness (QED) is 0.372. The van der Waals surface area contributed by atoms with E-state index < -0.39 is 55.4 Å². The van der Waals surface area contributed by atoms with Gasteiger partial charge >= 0.3 is 0 Å². The van der Waals surface area contributed by atoms with E-state index in [1.807, 2.05) is 0 Å². The summed E-state index contributed by atoms with van der Waals surface area (Å²) < 4.78 is 11.2. The summed E-state index contributed by atoms with van der Waals surface area (Å²) in [5, 5.41) is 61.1. The number of ketones is 1. The van der Waals surface area contributed by atoms with Crippen molar-refractivity contribution in [3.63, 3.8) is 0 Å². The van der Waals surface area contributed by atoms with E-state index in [2.05, 4.69) is 0 Å². The number of aromatic hydroxyl groups is 1. The van der Waals surface area contributed by atoms with E-state index in [-0.39, 0.29) is 22.6 Å². The predicted molar refractivity (Wildman–Crippen MR) is 106 cm³/mol. The number of hydrogen-bond donors (Lipinski definition) is 6. The Morgan fingerprint density at radius 3 is 2.39 bits per heavy atom. The second-order valence-corrected chi connectivity index (χ2v) is 7.76. The molecule has 31 heavy (non-hydrogen) atoms. The zero-order valence-corrected chi connectivity index (χ0v) is 16.7. The van der Waals surface area contributed by atoms with Gasteiger partial charge in [-0.2, -0.15) is 0 Å². The number of carbonyl (C=O) groups is 1. The average molecular weight is 432 g/mol. The fourth-order valence-corrected chi connectivity index (χ4v) is 4.57. The van der Waals surface area contributed by atoms with E-state index in [1.165, 1.54) is 19.2 Å². The zero-order valence-electron chi connectivity index (χ0n) is 16.7. The molecule has 1 aliphatic heterocycles. The topological polar surface area (TPSA) is 157 Å². The average Bonchev–Trinajstić information content (AvgIpc) is 2.77. The molecule has 9 heteroatoms. The van der Waals surface area contributed by atoms with Crippen LogP contribution in [0.3, 0.4) is 0 Å². The first-order chi connectivity index (χ1) is 14.8. The molecule has 6 atom stereocenters. The van der Waals surface area contributed by atoms with Gasteiger partial charge in [-0.3, -0.25) is 4.79 Å². The van der Waals surface area contributed by atoms with Crippen LogP contribution >= 0.6 is 0 Å². The van der Waals surface area contributed by atoms with Crippen LogP contribution in [0.15, 0.2) is 30.3 Å². The summed E-state index contributed by atoms with van der Waals surface area (Å²) in [6.45, 7) is -1.01. The van der Waals surface area contributed by atoms with Crippen LogP contribution in [0.2, 0.25) is 0 Å². The van der Waals surface area contributed by atoms with Crippen LogP contribution in [0.1, 0.15) is 38.5 Å². The Morgan fingerprint density at radius 1 is 1.00 bits per heavy atom. The van der Waals surface area contributed by atoms with Gasteiger partial charge in [0.1, 0.15) is 35.9 Å². The van der Waals surface area contributed by atoms with Crippen molar-refractivity contribution in [1.82, 2.24) is 0 Å². The van der Waals surface area contributed by atoms with Gasteiger partial charge in [-0.15, -0.1) is 0 Å². The molecule has 2 aromatic rings. The van der Waals surface area contributed by atoms with Crippen LogP contribution in [0.4, 0.5) is 0 Å². The number of aliphatic hydroxyl groups excluding tert-OH is 5. The van der Waals surface area contributed by atoms with Crippen LogP contribution in [-0.2, 0) is 11.3 Å². The number of phenolic OH excluding ortho intramolecular Hbond substituents is 1. The van der Waals surface area contributed by atoms with Crippen LogP contribution < -0.4 is 4.74 Å². The standard InChI is InChI=1S/C22H24O9/c1-30-13-4-2-3-10-15(22-21(29)20(28)18(26)14(8-24)31-22)11-5-9(7-23)6-12(25)16(11)19(27)17(10)13/h2-6,14-15,18,20-26,28-29H,7-8H2,1H3/t14-,15+,18-,20+,21-,22+/m1/s1. The van der Waals surface area contributed by atoms with Gasteiger partial charge < -0.3 is 40.1 Å². The highest BCUT2D eigenvalue weighted by atomic mass is 16.5. The molecule has 0 bridgehead atoms. The summed E-state index contributed by atoms with van der Waals surface area (Å²) in [5.74, 6) is -1.46. The minimum Gasteiger partial charge on any atom is -0.507 e. The molecule has 0 saturated carbocycles. The maximum atomic E-state index is 13.3. The summed E-state index contributed by atoms with van der Waals surface area (Å²) >= 11 is 0. The molecule has 1 heterocycles. The predicted octanol–water partition coefficient (Wildman–Crippen LogP) is -0.588. The number of benzene rings is 2. The fraction of sp³-hybridized carbons (Fsp3) is 0.409. The number of fused-ring (bicyclic) bond motifs is 2. The van der Waals surface area contributed by atoms with Gasteiger partial charge in [0.25, 0.3) is 0 Å². The number of methoxy groups -OCH3 is 1. The normalized spacial score (nSPS) is 29.9. The van der Waals surface area contributed by atoms with Gasteiger partial charge in [0.15, 0.2) is 0 Å². The second kappa shape index (κ2) is 8.19. The molecule has 0 radical (unpaired) electrons. The fourth-order valence-electron chi connectivity index (χ4n) is 4.57. The van der Waals surface area contributed by atoms with Crippen molar-refractivity contribution in [3.05, 3.63) is 58.1 Å². The number of carbonyl (C=O) groups excluding carboxylic acids is 1. The molecule has 2 aliphatic rings. The van der Waals surface area contributed by atoms with Crippen LogP contribution in [0.5, 0.6) is 11.5 Å². The van der Waals surface area contributed by atoms with Gasteiger partial charge in [0.05, 0.1) is 37.6 Å². The van der Waals surface area contributed by atoms with Gasteiger partial charge in [0.2, 0.25) is 5.78 Å². The molecular weight excluding hydrogens is 408 g/mol. The monoisotopic (exact) mass is 432 g/mol. The molecule has 1 fully saturated rings. The van der Waals surface area contributed by atoms with Gasteiger partial charge in [-0.25, -0.2) is 0 Å². The number of hydrogen-bond acceptors (Lipinski definition) is 9. The molecule has 166 valence electrons. The van der Waals surface area contributed by atoms with E-state index in [1.54, 1.807) is 18.2 Å². The number of aliphatic hydroxyl groups is 5. The van der Waals surface area contributed by atoms with Crippen molar-refractivity contribution in [3.8, 4) is 11.5 Å². The summed E-state index contributed by atoms with van der Waals surface area (Å²) in [4.78, 5) is 13.3. The maximum absolute atomic E-state index is 13.3. The SMILES string of the molecule is COc1cccc2c1C(=O)c1c(O)cc(CO)cc1[C@H]2[C@@H]1O[C@H](CO)[C@@H](O)[C@H](O)[C@H]1O. The Morgan fingerprint density at radius 2 is 1.74 bits per heavy atom. The highest BCUT2D eigenvalue weighted by molar-refractivity contribution is 6.16. The number of phenols is 1. The molecule has 1 saturated heterocycles. The van der Waals surface area contributed by atoms with Gasteiger partial charge in [0, 0.05) is 5.92 Å². The Bertz CT molecular complexity index is 1000. The third-order valence-corrected chi connectivity index (χ3v) is 6.05. The lowest BCUT2D eigenvalue weighted by molar-refractivity contribution is -0.232. The first kappa shape index (κ1) is 21.7. The molecule has 9 nitrogen and oxygen atoms in total. The first-order valence-corrected chi connectivity index (χ1v) is 9.82. The second-order valence-electron chi connectivity index (χ2n) is 7.76. The van der Waals surface area contributed by atoms with E-state index in [9.17, 15) is 35.4 Å².